The normalized spacial score (nSPS) is 12.6. The number of hydrogen-bond acceptors (Lipinski definition) is 2. The molecule has 0 aliphatic rings. The predicted molar refractivity (Wildman–Crippen MR) is 86.7 cm³/mol. The zero-order valence-electron chi connectivity index (χ0n) is 11.8. The van der Waals surface area contributed by atoms with Gasteiger partial charge in [0.1, 0.15) is 0 Å². The van der Waals surface area contributed by atoms with Crippen molar-refractivity contribution >= 4 is 24.3 Å². The van der Waals surface area contributed by atoms with E-state index in [1.807, 2.05) is 11.4 Å². The minimum absolute atomic E-state index is 0. The largest absolute Gasteiger partial charge is 0.370 e. The van der Waals surface area contributed by atoms with Crippen molar-refractivity contribution in [3.8, 4) is 0 Å². The molecule has 1 unspecified atom stereocenters. The van der Waals surface area contributed by atoms with Gasteiger partial charge in [0.25, 0.3) is 5.91 Å². The lowest BCUT2D eigenvalue weighted by Crippen LogP contribution is -2.47. The number of rotatable bonds is 4. The first-order valence-corrected chi connectivity index (χ1v) is 6.46. The Morgan fingerprint density at radius 2 is 1.59 bits per heavy atom. The van der Waals surface area contributed by atoms with Crippen molar-refractivity contribution in [1.29, 1.82) is 5.41 Å². The van der Waals surface area contributed by atoms with Crippen LogP contribution in [0.5, 0.6) is 0 Å². The van der Waals surface area contributed by atoms with Crippen LogP contribution in [0.2, 0.25) is 0 Å². The van der Waals surface area contributed by atoms with Crippen LogP contribution >= 0.6 is 12.4 Å². The average Bonchev–Trinajstić information content (AvgIpc) is 2.48. The average molecular weight is 322 g/mol. The van der Waals surface area contributed by atoms with Gasteiger partial charge in [-0.2, -0.15) is 0 Å². The van der Waals surface area contributed by atoms with E-state index in [-0.39, 0.29) is 24.4 Å². The van der Waals surface area contributed by atoms with Gasteiger partial charge >= 0.3 is 0 Å². The molecule has 2 aromatic carbocycles. The lowest BCUT2D eigenvalue weighted by molar-refractivity contribution is -0.132. The zero-order chi connectivity index (χ0) is 15.3. The highest BCUT2D eigenvalue weighted by Gasteiger charge is 2.40. The number of nitrogens with two attached hydrogens (primary N) is 1. The number of alkyl halides is 1. The molecule has 0 aliphatic heterocycles. The van der Waals surface area contributed by atoms with Crippen LogP contribution in [0, 0.1) is 5.41 Å². The summed E-state index contributed by atoms with van der Waals surface area (Å²) >= 11 is 0. The topological polar surface area (TPSA) is 79.0 Å². The molecule has 0 aliphatic carbocycles. The molecule has 0 spiro atoms. The molecule has 0 saturated heterocycles. The fourth-order valence-electron chi connectivity index (χ4n) is 2.11. The minimum Gasteiger partial charge on any atom is -0.370 e. The smallest absolute Gasteiger partial charge is 0.269 e. The highest BCUT2D eigenvalue weighted by molar-refractivity contribution is 5.99. The Morgan fingerprint density at radius 3 is 2.09 bits per heavy atom. The molecule has 2 aromatic rings. The van der Waals surface area contributed by atoms with Gasteiger partial charge in [0.05, 0.1) is 0 Å². The lowest BCUT2D eigenvalue weighted by atomic mass is 9.88. The van der Waals surface area contributed by atoms with Gasteiger partial charge in [-0.1, -0.05) is 60.7 Å². The summed E-state index contributed by atoms with van der Waals surface area (Å²) in [6.45, 7) is 0. The van der Waals surface area contributed by atoms with E-state index in [0.29, 0.717) is 5.56 Å². The molecular formula is C16H17ClFN3O. The number of benzene rings is 2. The molecule has 0 radical (unpaired) electrons. The molecule has 1 atom stereocenters. The number of amides is 1. The van der Waals surface area contributed by atoms with E-state index in [4.69, 9.17) is 11.1 Å². The highest BCUT2D eigenvalue weighted by atomic mass is 35.5. The summed E-state index contributed by atoms with van der Waals surface area (Å²) in [5, 5.41) is 9.18. The Balaban J connectivity index is 0.00000242. The van der Waals surface area contributed by atoms with Crippen LogP contribution in [-0.2, 0) is 16.9 Å². The van der Waals surface area contributed by atoms with Gasteiger partial charge in [0.2, 0.25) is 5.67 Å². The predicted octanol–water partition coefficient (Wildman–Crippen LogP) is 2.53. The van der Waals surface area contributed by atoms with Crippen molar-refractivity contribution in [3.05, 3.63) is 71.8 Å². The zero-order valence-corrected chi connectivity index (χ0v) is 12.6. The van der Waals surface area contributed by atoms with Crippen LogP contribution in [0.1, 0.15) is 11.1 Å². The van der Waals surface area contributed by atoms with Gasteiger partial charge in [-0.25, -0.2) is 4.39 Å². The fourth-order valence-corrected chi connectivity index (χ4v) is 2.11. The molecule has 0 heterocycles. The Kier molecular flexibility index (Phi) is 6.07. The summed E-state index contributed by atoms with van der Waals surface area (Å²) in [7, 11) is 0. The number of nitrogens with one attached hydrogen (secondary N) is 2. The molecule has 0 aromatic heterocycles. The van der Waals surface area contributed by atoms with Crippen molar-refractivity contribution in [2.24, 2.45) is 5.73 Å². The summed E-state index contributed by atoms with van der Waals surface area (Å²) in [6.07, 6.45) is -0.128. The van der Waals surface area contributed by atoms with Crippen LogP contribution in [-0.4, -0.2) is 11.9 Å². The number of carbonyl (C=O) groups excluding carboxylic acids is 1. The van der Waals surface area contributed by atoms with Gasteiger partial charge in [0.15, 0.2) is 5.96 Å². The van der Waals surface area contributed by atoms with Crippen LogP contribution in [0.15, 0.2) is 60.7 Å². The second kappa shape index (κ2) is 7.56. The lowest BCUT2D eigenvalue weighted by Gasteiger charge is -2.24. The van der Waals surface area contributed by atoms with E-state index < -0.39 is 17.5 Å². The number of guanidine groups is 1. The van der Waals surface area contributed by atoms with Gasteiger partial charge in [-0.05, 0) is 11.1 Å². The third kappa shape index (κ3) is 4.05. The highest BCUT2D eigenvalue weighted by Crippen LogP contribution is 2.30. The quantitative estimate of drug-likeness (QED) is 0.597. The molecule has 0 saturated carbocycles. The first kappa shape index (κ1) is 17.7. The first-order valence-electron chi connectivity index (χ1n) is 6.46. The Hall–Kier alpha value is -2.40. The maximum absolute atomic E-state index is 15.4. The third-order valence-corrected chi connectivity index (χ3v) is 3.13. The molecule has 6 heteroatoms. The Morgan fingerprint density at radius 1 is 1.09 bits per heavy atom. The van der Waals surface area contributed by atoms with E-state index >= 15 is 4.39 Å². The molecule has 4 nitrogen and oxygen atoms in total. The number of hydrogen-bond donors (Lipinski definition) is 3. The van der Waals surface area contributed by atoms with E-state index in [1.165, 1.54) is 0 Å². The molecule has 0 bridgehead atoms. The van der Waals surface area contributed by atoms with E-state index in [0.717, 1.165) is 0 Å². The minimum atomic E-state index is -2.28. The SMILES string of the molecule is Cl.N=C(N)NC(=O)C(F)(Cc1ccccc1)c1ccccc1. The van der Waals surface area contributed by atoms with E-state index in [1.54, 1.807) is 54.6 Å². The summed E-state index contributed by atoms with van der Waals surface area (Å²) in [4.78, 5) is 12.2. The van der Waals surface area contributed by atoms with Crippen LogP contribution in [0.3, 0.4) is 0 Å². The molecule has 1 amide bonds. The second-order valence-electron chi connectivity index (χ2n) is 4.70. The van der Waals surface area contributed by atoms with Crippen molar-refractivity contribution < 1.29 is 9.18 Å². The fraction of sp³-hybridized carbons (Fsp3) is 0.125. The molecule has 0 fully saturated rings. The summed E-state index contributed by atoms with van der Waals surface area (Å²) < 4.78 is 15.4. The summed E-state index contributed by atoms with van der Waals surface area (Å²) in [6, 6.07) is 17.0. The van der Waals surface area contributed by atoms with E-state index in [9.17, 15) is 4.79 Å². The van der Waals surface area contributed by atoms with Gasteiger partial charge < -0.3 is 5.73 Å². The molecule has 2 rings (SSSR count). The van der Waals surface area contributed by atoms with Gasteiger partial charge in [0, 0.05) is 6.42 Å². The second-order valence-corrected chi connectivity index (χ2v) is 4.70. The van der Waals surface area contributed by atoms with Crippen molar-refractivity contribution in [1.82, 2.24) is 5.32 Å². The van der Waals surface area contributed by atoms with Gasteiger partial charge in [-0.15, -0.1) is 12.4 Å². The maximum Gasteiger partial charge on any atom is 0.269 e. The maximum atomic E-state index is 15.4. The van der Waals surface area contributed by atoms with Crippen molar-refractivity contribution in [3.63, 3.8) is 0 Å². The van der Waals surface area contributed by atoms with Crippen molar-refractivity contribution in [2.75, 3.05) is 0 Å². The number of halogens is 2. The van der Waals surface area contributed by atoms with Crippen LogP contribution in [0.25, 0.3) is 0 Å². The summed E-state index contributed by atoms with van der Waals surface area (Å²) in [5.41, 5.74) is 3.77. The molecule has 116 valence electrons. The molecule has 4 N–H and O–H groups in total. The Bertz CT molecular complexity index is 636. The first-order chi connectivity index (χ1) is 10.0. The van der Waals surface area contributed by atoms with E-state index in [2.05, 4.69) is 0 Å². The monoisotopic (exact) mass is 321 g/mol. The van der Waals surface area contributed by atoms with Crippen LogP contribution in [0.4, 0.5) is 4.39 Å². The molecular weight excluding hydrogens is 305 g/mol. The standard InChI is InChI=1S/C16H16FN3O.ClH/c17-16(14(21)20-15(18)19,13-9-5-2-6-10-13)11-12-7-3-1-4-8-12;/h1-10H,11H2,(H4,18,19,20,21);1H. The molecule has 22 heavy (non-hydrogen) atoms. The Labute approximate surface area is 134 Å². The third-order valence-electron chi connectivity index (χ3n) is 3.13. The van der Waals surface area contributed by atoms with Crippen molar-refractivity contribution in [2.45, 2.75) is 12.1 Å². The number of carbonyl (C=O) groups is 1. The van der Waals surface area contributed by atoms with Crippen LogP contribution < -0.4 is 11.1 Å². The van der Waals surface area contributed by atoms with Gasteiger partial charge in [-0.3, -0.25) is 15.5 Å². The summed E-state index contributed by atoms with van der Waals surface area (Å²) in [5.74, 6) is -1.52.